The lowest BCUT2D eigenvalue weighted by Crippen LogP contribution is -2.18. The maximum absolute atomic E-state index is 15.1. The maximum atomic E-state index is 15.1. The normalized spacial score (nSPS) is 11.9. The molecule has 0 N–H and O–H groups in total. The van der Waals surface area contributed by atoms with Crippen LogP contribution in [0.3, 0.4) is 0 Å². The largest absolute Gasteiger partial charge is 0.487 e. The zero-order chi connectivity index (χ0) is 30.1. The highest BCUT2D eigenvalue weighted by atomic mass is 19.4. The van der Waals surface area contributed by atoms with Gasteiger partial charge in [-0.1, -0.05) is 6.92 Å². The molecule has 2 nitrogen and oxygen atoms in total. The van der Waals surface area contributed by atoms with Crippen LogP contribution in [0, 0.1) is 46.5 Å². The minimum Gasteiger partial charge on any atom is -0.487 e. The highest BCUT2D eigenvalue weighted by molar-refractivity contribution is 5.75. The van der Waals surface area contributed by atoms with E-state index in [2.05, 4.69) is 9.47 Å². The van der Waals surface area contributed by atoms with Gasteiger partial charge >= 0.3 is 12.8 Å². The number of hydrogen-bond acceptors (Lipinski definition) is 2. The van der Waals surface area contributed by atoms with E-state index in [-0.39, 0.29) is 31.2 Å². The van der Waals surface area contributed by atoms with E-state index in [1.807, 2.05) is 0 Å². The Morgan fingerprint density at radius 1 is 0.675 bits per heavy atom. The molecule has 0 heterocycles. The van der Waals surface area contributed by atoms with Gasteiger partial charge in [0.2, 0.25) is 11.6 Å². The molecule has 0 aliphatic carbocycles. The Morgan fingerprint density at radius 3 is 1.68 bits per heavy atom. The minimum absolute atomic E-state index is 0.166. The summed E-state index contributed by atoms with van der Waals surface area (Å²) in [6.07, 6.45) is -8.53. The van der Waals surface area contributed by atoms with E-state index in [0.717, 1.165) is 0 Å². The molecule has 0 aliphatic heterocycles. The number of alkyl halides is 5. The van der Waals surface area contributed by atoms with Gasteiger partial charge in [-0.3, -0.25) is 0 Å². The maximum Gasteiger partial charge on any atom is 0.422 e. The molecule has 0 spiro atoms. The fraction of sp³-hybridized carbons (Fsp3) is 0.280. The third-order valence-corrected chi connectivity index (χ3v) is 5.46. The van der Waals surface area contributed by atoms with Gasteiger partial charge < -0.3 is 9.47 Å². The van der Waals surface area contributed by atoms with Crippen LogP contribution in [-0.2, 0) is 19.0 Å². The fourth-order valence-corrected chi connectivity index (χ4v) is 3.83. The number of halogens is 13. The van der Waals surface area contributed by atoms with Crippen molar-refractivity contribution in [1.29, 1.82) is 0 Å². The van der Waals surface area contributed by atoms with Gasteiger partial charge in [-0.15, -0.1) is 0 Å². The van der Waals surface area contributed by atoms with Gasteiger partial charge in [-0.2, -0.15) is 30.7 Å². The Bertz CT molecular complexity index is 1370. The summed E-state index contributed by atoms with van der Waals surface area (Å²) in [4.78, 5) is 0. The van der Waals surface area contributed by atoms with Gasteiger partial charge in [0, 0.05) is 17.2 Å². The molecule has 0 saturated carbocycles. The first-order valence-electron chi connectivity index (χ1n) is 11.1. The Kier molecular flexibility index (Phi) is 9.14. The van der Waals surface area contributed by atoms with Crippen molar-refractivity contribution >= 4 is 0 Å². The van der Waals surface area contributed by atoms with Crippen LogP contribution in [0.4, 0.5) is 57.1 Å². The van der Waals surface area contributed by atoms with Crippen molar-refractivity contribution in [1.82, 2.24) is 0 Å². The third-order valence-electron chi connectivity index (χ3n) is 5.46. The Labute approximate surface area is 216 Å². The van der Waals surface area contributed by atoms with E-state index in [1.54, 1.807) is 0 Å². The van der Waals surface area contributed by atoms with E-state index < -0.39 is 111 Å². The fourth-order valence-electron chi connectivity index (χ4n) is 3.83. The summed E-state index contributed by atoms with van der Waals surface area (Å²) in [5.41, 5.74) is -8.59. The lowest BCUT2D eigenvalue weighted by molar-refractivity contribution is -0.142. The summed E-state index contributed by atoms with van der Waals surface area (Å²) in [5.74, 6) is -19.6. The molecule has 40 heavy (non-hydrogen) atoms. The summed E-state index contributed by atoms with van der Waals surface area (Å²) in [5, 5.41) is 0. The van der Waals surface area contributed by atoms with Crippen LogP contribution in [0.25, 0.3) is 11.1 Å². The molecule has 0 radical (unpaired) electrons. The van der Waals surface area contributed by atoms with Gasteiger partial charge in [-0.25, -0.2) is 26.3 Å². The smallest absolute Gasteiger partial charge is 0.422 e. The average Bonchev–Trinajstić information content (AvgIpc) is 2.82. The molecule has 0 aliphatic rings. The quantitative estimate of drug-likeness (QED) is 0.182. The van der Waals surface area contributed by atoms with Crippen molar-refractivity contribution in [3.05, 3.63) is 81.4 Å². The summed E-state index contributed by atoms with van der Waals surface area (Å²) >= 11 is 0. The van der Waals surface area contributed by atoms with Crippen LogP contribution in [-0.4, -0.2) is 13.2 Å². The SMILES string of the molecule is CCCOc1c(F)c(F)c(CCc2c(F)c(C(F)(F)F)c(F)c(-c3cc(F)cc(F)c3)c2OC(F)F)c(F)c1F. The minimum atomic E-state index is -5.88. The van der Waals surface area contributed by atoms with Crippen molar-refractivity contribution in [2.45, 2.75) is 39.0 Å². The van der Waals surface area contributed by atoms with Crippen molar-refractivity contribution in [2.75, 3.05) is 6.61 Å². The third kappa shape index (κ3) is 6.07. The second-order valence-electron chi connectivity index (χ2n) is 8.13. The van der Waals surface area contributed by atoms with E-state index in [1.165, 1.54) is 6.92 Å². The number of rotatable bonds is 9. The molecule has 0 atom stereocenters. The molecule has 218 valence electrons. The molecule has 15 heteroatoms. The first-order valence-corrected chi connectivity index (χ1v) is 11.1. The molecule has 0 bridgehead atoms. The predicted octanol–water partition coefficient (Wildman–Crippen LogP) is 8.66. The van der Waals surface area contributed by atoms with Crippen molar-refractivity contribution in [3.63, 3.8) is 0 Å². The zero-order valence-corrected chi connectivity index (χ0v) is 19.9. The molecule has 3 aromatic rings. The first-order chi connectivity index (χ1) is 18.6. The standard InChI is InChI=1S/C25H15F13O2/c1-2-5-39-23-20(32)17(29)12(18(30)21(23)33)3-4-13-16(28)15(25(36,37)38)19(31)14(22(13)40-24(34)35)9-6-10(26)8-11(27)7-9/h6-8,24H,2-5H2,1H3. The Hall–Kier alpha value is -3.65. The zero-order valence-electron chi connectivity index (χ0n) is 19.9. The van der Waals surface area contributed by atoms with Gasteiger partial charge in [0.15, 0.2) is 17.4 Å². The second-order valence-corrected chi connectivity index (χ2v) is 8.13. The Balaban J connectivity index is 2.29. The van der Waals surface area contributed by atoms with E-state index >= 15 is 8.78 Å². The molecule has 3 rings (SSSR count). The molecule has 3 aromatic carbocycles. The van der Waals surface area contributed by atoms with E-state index in [9.17, 15) is 48.3 Å². The van der Waals surface area contributed by atoms with Crippen LogP contribution < -0.4 is 9.47 Å². The summed E-state index contributed by atoms with van der Waals surface area (Å²) in [6, 6.07) is 0.647. The molecule has 0 aromatic heterocycles. The van der Waals surface area contributed by atoms with Crippen LogP contribution in [0.5, 0.6) is 11.5 Å². The van der Waals surface area contributed by atoms with Crippen LogP contribution >= 0.6 is 0 Å². The van der Waals surface area contributed by atoms with Gasteiger partial charge in [0.25, 0.3) is 0 Å². The number of ether oxygens (including phenoxy) is 2. The summed E-state index contributed by atoms with van der Waals surface area (Å²) < 4.78 is 192. The lowest BCUT2D eigenvalue weighted by atomic mass is 9.92. The molecule has 0 fully saturated rings. The van der Waals surface area contributed by atoms with Crippen LogP contribution in [0.2, 0.25) is 0 Å². The average molecular weight is 594 g/mol. The number of benzene rings is 3. The molecular weight excluding hydrogens is 579 g/mol. The second kappa shape index (κ2) is 11.8. The van der Waals surface area contributed by atoms with Crippen molar-refractivity contribution < 1.29 is 66.5 Å². The van der Waals surface area contributed by atoms with Gasteiger partial charge in [0.1, 0.15) is 34.6 Å². The highest BCUT2D eigenvalue weighted by Gasteiger charge is 2.43. The molecular formula is C25H15F13O2. The van der Waals surface area contributed by atoms with Crippen molar-refractivity contribution in [3.8, 4) is 22.6 Å². The molecule has 0 unspecified atom stereocenters. The highest BCUT2D eigenvalue weighted by Crippen LogP contribution is 2.46. The Morgan fingerprint density at radius 2 is 1.20 bits per heavy atom. The topological polar surface area (TPSA) is 18.5 Å². The van der Waals surface area contributed by atoms with Crippen molar-refractivity contribution in [2.24, 2.45) is 0 Å². The number of hydrogen-bond donors (Lipinski definition) is 0. The molecule has 0 amide bonds. The predicted molar refractivity (Wildman–Crippen MR) is 113 cm³/mol. The van der Waals surface area contributed by atoms with E-state index in [4.69, 9.17) is 0 Å². The van der Waals surface area contributed by atoms with Crippen LogP contribution in [0.15, 0.2) is 18.2 Å². The van der Waals surface area contributed by atoms with Crippen LogP contribution in [0.1, 0.15) is 30.0 Å². The van der Waals surface area contributed by atoms with E-state index in [0.29, 0.717) is 0 Å². The summed E-state index contributed by atoms with van der Waals surface area (Å²) in [6.45, 7) is -2.86. The van der Waals surface area contributed by atoms with Gasteiger partial charge in [-0.05, 0) is 37.0 Å². The first kappa shape index (κ1) is 30.9. The summed E-state index contributed by atoms with van der Waals surface area (Å²) in [7, 11) is 0. The monoisotopic (exact) mass is 594 g/mol. The lowest BCUT2D eigenvalue weighted by Gasteiger charge is -2.22. The molecule has 0 saturated heterocycles. The van der Waals surface area contributed by atoms with Gasteiger partial charge in [0.05, 0.1) is 12.2 Å².